The van der Waals surface area contributed by atoms with E-state index in [1.807, 2.05) is 17.3 Å². The highest BCUT2D eigenvalue weighted by molar-refractivity contribution is 7.50. The Morgan fingerprint density at radius 1 is 1.11 bits per heavy atom. The molecule has 12 nitrogen and oxygen atoms in total. The summed E-state index contributed by atoms with van der Waals surface area (Å²) in [5.74, 6) is -0.402. The fourth-order valence-electron chi connectivity index (χ4n) is 7.67. The third-order valence-corrected chi connectivity index (χ3v) is 12.0. The predicted molar refractivity (Wildman–Crippen MR) is 178 cm³/mol. The number of ether oxygens (including phenoxy) is 1. The average Bonchev–Trinajstić information content (AvgIpc) is 3.58. The lowest BCUT2D eigenvalue weighted by molar-refractivity contribution is -0.148. The fourth-order valence-corrected chi connectivity index (χ4v) is 9.29. The lowest BCUT2D eigenvalue weighted by Crippen LogP contribution is -2.59. The number of nitrogens with zero attached hydrogens (tertiary/aromatic N) is 4. The Labute approximate surface area is 277 Å². The number of nitrogens with one attached hydrogen (secondary N) is 1. The Hall–Kier alpha value is -3.35. The molecule has 4 fully saturated rings. The Bertz CT molecular complexity index is 1740. The molecule has 2 aromatic heterocycles. The van der Waals surface area contributed by atoms with Crippen LogP contribution in [0.1, 0.15) is 65.2 Å². The highest BCUT2D eigenvalue weighted by atomic mass is 32.1. The van der Waals surface area contributed by atoms with E-state index in [9.17, 15) is 28.7 Å². The minimum absolute atomic E-state index is 0.0127. The number of carbonyl (C=O) groups excluding carboxylic acids is 3. The normalized spacial score (nSPS) is 24.9. The second kappa shape index (κ2) is 12.9. The van der Waals surface area contributed by atoms with Gasteiger partial charge in [-0.05, 0) is 73.7 Å². The summed E-state index contributed by atoms with van der Waals surface area (Å²) in [5.41, 5.74) is 2.80. The standard InChI is InChI=1S/C33H40N5O7PS/c1-45-18-24-10-12-37(24)27-9-11-34-15-25(27)22-16-36(17-22)33(41)28-7-6-23-3-2-4-26(32(40)38(23)28)35-31(39)30-14-21-13-20(19-46(42,43)44)5-8-29(21)47-30/h5,8-9,11,13-15,22-24,26,28H,2-4,6-7,10,12,16-19H2,1H3,(H,35,39)(H2,42,43,44)/t23-,24-,26-,28-/m0/s1. The van der Waals surface area contributed by atoms with E-state index >= 15 is 0 Å². The molecule has 7 rings (SSSR count). The number of hydrogen-bond acceptors (Lipinski definition) is 8. The summed E-state index contributed by atoms with van der Waals surface area (Å²) in [6, 6.07) is 7.91. The lowest BCUT2D eigenvalue weighted by Gasteiger charge is -2.47. The molecule has 4 saturated heterocycles. The van der Waals surface area contributed by atoms with E-state index in [0.29, 0.717) is 49.0 Å². The van der Waals surface area contributed by atoms with Crippen LogP contribution in [0.3, 0.4) is 0 Å². The van der Waals surface area contributed by atoms with Gasteiger partial charge in [-0.15, -0.1) is 11.3 Å². The SMILES string of the molecule is COC[C@@H]1CCN1c1ccncc1C1CN(C(=O)[C@@H]2CC[C@@H]3CCC[C@H](NC(=O)c4cc5cc(CP(=O)(O)O)ccc5s4)C(=O)N32)C1. The highest BCUT2D eigenvalue weighted by Gasteiger charge is 2.48. The summed E-state index contributed by atoms with van der Waals surface area (Å²) in [7, 11) is -2.50. The predicted octanol–water partition coefficient (Wildman–Crippen LogP) is 3.47. The molecule has 0 saturated carbocycles. The van der Waals surface area contributed by atoms with Crippen LogP contribution in [0.2, 0.25) is 0 Å². The van der Waals surface area contributed by atoms with Crippen molar-refractivity contribution < 1.29 is 33.5 Å². The second-order valence-electron chi connectivity index (χ2n) is 13.2. The molecular weight excluding hydrogens is 641 g/mol. The van der Waals surface area contributed by atoms with Gasteiger partial charge in [0.2, 0.25) is 11.8 Å². The molecule has 0 spiro atoms. The first-order valence-electron chi connectivity index (χ1n) is 16.3. The van der Waals surface area contributed by atoms with Crippen LogP contribution >= 0.6 is 18.9 Å². The number of aromatic nitrogens is 1. The average molecular weight is 682 g/mol. The minimum atomic E-state index is -4.22. The number of amides is 3. The van der Waals surface area contributed by atoms with Gasteiger partial charge in [0.05, 0.1) is 23.7 Å². The molecule has 4 aliphatic heterocycles. The van der Waals surface area contributed by atoms with Crippen molar-refractivity contribution >= 4 is 52.4 Å². The summed E-state index contributed by atoms with van der Waals surface area (Å²) >= 11 is 1.27. The third-order valence-electron chi connectivity index (χ3n) is 10.1. The van der Waals surface area contributed by atoms with Crippen LogP contribution in [0.25, 0.3) is 10.1 Å². The van der Waals surface area contributed by atoms with Crippen LogP contribution in [0.4, 0.5) is 5.69 Å². The number of benzene rings is 1. The zero-order valence-electron chi connectivity index (χ0n) is 26.3. The van der Waals surface area contributed by atoms with Crippen molar-refractivity contribution in [3.05, 3.63) is 58.7 Å². The van der Waals surface area contributed by atoms with Crippen molar-refractivity contribution in [3.63, 3.8) is 0 Å². The molecule has 0 radical (unpaired) electrons. The number of carbonyl (C=O) groups is 3. The number of methoxy groups -OCH3 is 1. The van der Waals surface area contributed by atoms with Crippen molar-refractivity contribution in [1.29, 1.82) is 0 Å². The monoisotopic (exact) mass is 681 g/mol. The van der Waals surface area contributed by atoms with Crippen molar-refractivity contribution in [1.82, 2.24) is 20.1 Å². The summed E-state index contributed by atoms with van der Waals surface area (Å²) in [6.45, 7) is 2.83. The van der Waals surface area contributed by atoms with Crippen LogP contribution < -0.4 is 10.2 Å². The van der Waals surface area contributed by atoms with Crippen LogP contribution in [0.5, 0.6) is 0 Å². The molecule has 4 aliphatic rings. The first kappa shape index (κ1) is 32.2. The van der Waals surface area contributed by atoms with E-state index in [2.05, 4.69) is 21.3 Å². The maximum Gasteiger partial charge on any atom is 0.329 e. The quantitative estimate of drug-likeness (QED) is 0.289. The molecule has 3 aromatic rings. The van der Waals surface area contributed by atoms with Gasteiger partial charge in [0.15, 0.2) is 0 Å². The molecule has 0 unspecified atom stereocenters. The molecule has 1 aromatic carbocycles. The van der Waals surface area contributed by atoms with Crippen LogP contribution in [0, 0.1) is 0 Å². The summed E-state index contributed by atoms with van der Waals surface area (Å²) in [6.07, 6.45) is 7.92. The second-order valence-corrected chi connectivity index (χ2v) is 16.0. The summed E-state index contributed by atoms with van der Waals surface area (Å²) in [4.78, 5) is 70.7. The van der Waals surface area contributed by atoms with Crippen molar-refractivity contribution in [3.8, 4) is 0 Å². The topological polar surface area (TPSA) is 153 Å². The molecule has 250 valence electrons. The number of pyridine rings is 1. The Balaban J connectivity index is 1.01. The van der Waals surface area contributed by atoms with Gasteiger partial charge < -0.3 is 34.5 Å². The lowest BCUT2D eigenvalue weighted by atomic mass is 9.88. The number of likely N-dealkylation sites (tertiary alicyclic amines) is 1. The van der Waals surface area contributed by atoms with Crippen LogP contribution in [-0.4, -0.2) is 99.8 Å². The highest BCUT2D eigenvalue weighted by Crippen LogP contribution is 2.41. The molecule has 3 N–H and O–H groups in total. The molecule has 4 atom stereocenters. The Kier molecular flexibility index (Phi) is 8.86. The smallest absolute Gasteiger partial charge is 0.329 e. The largest absolute Gasteiger partial charge is 0.383 e. The van der Waals surface area contributed by atoms with E-state index in [1.54, 1.807) is 36.3 Å². The van der Waals surface area contributed by atoms with E-state index in [0.717, 1.165) is 53.6 Å². The van der Waals surface area contributed by atoms with E-state index in [-0.39, 0.29) is 35.8 Å². The maximum atomic E-state index is 14.0. The summed E-state index contributed by atoms with van der Waals surface area (Å²) in [5, 5.41) is 3.66. The fraction of sp³-hybridized carbons (Fsp3) is 0.515. The molecule has 47 heavy (non-hydrogen) atoms. The van der Waals surface area contributed by atoms with E-state index in [1.165, 1.54) is 11.3 Å². The number of rotatable bonds is 9. The Morgan fingerprint density at radius 3 is 2.68 bits per heavy atom. The molecule has 0 aliphatic carbocycles. The zero-order valence-corrected chi connectivity index (χ0v) is 28.0. The van der Waals surface area contributed by atoms with E-state index < -0.39 is 19.7 Å². The Morgan fingerprint density at radius 2 is 1.94 bits per heavy atom. The number of fused-ring (bicyclic) bond motifs is 2. The summed E-state index contributed by atoms with van der Waals surface area (Å²) < 4.78 is 17.7. The van der Waals surface area contributed by atoms with Gasteiger partial charge in [0, 0.05) is 67.0 Å². The van der Waals surface area contributed by atoms with Gasteiger partial charge in [0.1, 0.15) is 12.1 Å². The van der Waals surface area contributed by atoms with Gasteiger partial charge in [0.25, 0.3) is 5.91 Å². The van der Waals surface area contributed by atoms with Gasteiger partial charge in [-0.2, -0.15) is 0 Å². The van der Waals surface area contributed by atoms with Gasteiger partial charge in [-0.25, -0.2) is 0 Å². The third kappa shape index (κ3) is 6.44. The maximum absolute atomic E-state index is 14.0. The van der Waals surface area contributed by atoms with Crippen LogP contribution in [0.15, 0.2) is 42.7 Å². The molecule has 6 heterocycles. The van der Waals surface area contributed by atoms with Crippen molar-refractivity contribution in [2.75, 3.05) is 38.3 Å². The molecular formula is C33H40N5O7PS. The number of anilines is 1. The number of hydrogen-bond donors (Lipinski definition) is 3. The van der Waals surface area contributed by atoms with E-state index in [4.69, 9.17) is 4.74 Å². The van der Waals surface area contributed by atoms with Crippen molar-refractivity contribution in [2.45, 2.75) is 74.8 Å². The zero-order chi connectivity index (χ0) is 32.9. The minimum Gasteiger partial charge on any atom is -0.383 e. The molecule has 0 bridgehead atoms. The van der Waals surface area contributed by atoms with Gasteiger partial charge in [-0.1, -0.05) is 6.07 Å². The number of thiophene rings is 1. The molecule has 14 heteroatoms. The molecule has 3 amide bonds. The first-order valence-corrected chi connectivity index (χ1v) is 18.9. The van der Waals surface area contributed by atoms with Crippen LogP contribution in [-0.2, 0) is 25.1 Å². The first-order chi connectivity index (χ1) is 22.6. The van der Waals surface area contributed by atoms with Crippen molar-refractivity contribution in [2.24, 2.45) is 0 Å². The van der Waals surface area contributed by atoms with Gasteiger partial charge in [-0.3, -0.25) is 23.9 Å². The van der Waals surface area contributed by atoms with Gasteiger partial charge >= 0.3 is 7.60 Å².